The summed E-state index contributed by atoms with van der Waals surface area (Å²) in [5, 5.41) is 10.5. The van der Waals surface area contributed by atoms with Crippen molar-refractivity contribution in [3.05, 3.63) is 11.4 Å². The molecule has 5 heteroatoms. The van der Waals surface area contributed by atoms with Crippen LogP contribution in [-0.4, -0.2) is 27.9 Å². The van der Waals surface area contributed by atoms with Crippen LogP contribution in [0.5, 0.6) is 0 Å². The minimum Gasteiger partial charge on any atom is -0.359 e. The average molecular weight is 196 g/mol. The first-order valence-electron chi connectivity index (χ1n) is 4.63. The molecule has 5 nitrogen and oxygen atoms in total. The minimum atomic E-state index is -0.0598. The van der Waals surface area contributed by atoms with Crippen molar-refractivity contribution < 1.29 is 4.79 Å². The fraction of sp³-hybridized carbons (Fsp3) is 0.667. The van der Waals surface area contributed by atoms with E-state index in [4.69, 9.17) is 0 Å². The summed E-state index contributed by atoms with van der Waals surface area (Å²) in [6, 6.07) is 0. The molecule has 14 heavy (non-hydrogen) atoms. The van der Waals surface area contributed by atoms with E-state index < -0.39 is 0 Å². The van der Waals surface area contributed by atoms with Crippen LogP contribution in [0.1, 0.15) is 18.3 Å². The van der Waals surface area contributed by atoms with Crippen LogP contribution in [0, 0.1) is 12.8 Å². The molecular weight excluding hydrogens is 180 g/mol. The Morgan fingerprint density at radius 3 is 2.71 bits per heavy atom. The fourth-order valence-corrected chi connectivity index (χ4v) is 1.26. The highest BCUT2D eigenvalue weighted by Crippen LogP contribution is 2.09. The van der Waals surface area contributed by atoms with Crippen molar-refractivity contribution in [1.29, 1.82) is 0 Å². The van der Waals surface area contributed by atoms with Gasteiger partial charge in [0.15, 0.2) is 0 Å². The van der Waals surface area contributed by atoms with Crippen LogP contribution in [0.3, 0.4) is 0 Å². The summed E-state index contributed by atoms with van der Waals surface area (Å²) in [7, 11) is 3.48. The third kappa shape index (κ3) is 2.10. The van der Waals surface area contributed by atoms with Gasteiger partial charge in [-0.05, 0) is 6.92 Å². The molecule has 1 N–H and O–H groups in total. The summed E-state index contributed by atoms with van der Waals surface area (Å²) in [6.07, 6.45) is 0.638. The zero-order valence-electron chi connectivity index (χ0n) is 9.03. The third-order valence-electron chi connectivity index (χ3n) is 2.40. The van der Waals surface area contributed by atoms with Gasteiger partial charge in [-0.3, -0.25) is 9.48 Å². The van der Waals surface area contributed by atoms with E-state index in [0.29, 0.717) is 6.42 Å². The van der Waals surface area contributed by atoms with Crippen molar-refractivity contribution in [3.63, 3.8) is 0 Å². The summed E-state index contributed by atoms with van der Waals surface area (Å²) in [6.45, 7) is 3.83. The normalized spacial score (nSPS) is 12.6. The highest BCUT2D eigenvalue weighted by molar-refractivity contribution is 5.78. The maximum atomic E-state index is 11.3. The van der Waals surface area contributed by atoms with E-state index in [1.165, 1.54) is 0 Å². The Hall–Kier alpha value is -1.39. The Morgan fingerprint density at radius 2 is 2.29 bits per heavy atom. The molecule has 1 amide bonds. The van der Waals surface area contributed by atoms with Crippen molar-refractivity contribution in [3.8, 4) is 0 Å². The van der Waals surface area contributed by atoms with Gasteiger partial charge in [-0.1, -0.05) is 12.1 Å². The van der Waals surface area contributed by atoms with Crippen molar-refractivity contribution >= 4 is 5.91 Å². The Kier molecular flexibility index (Phi) is 3.22. The summed E-state index contributed by atoms with van der Waals surface area (Å²) < 4.78 is 1.71. The lowest BCUT2D eigenvalue weighted by Gasteiger charge is -2.07. The molecule has 0 aliphatic rings. The molecule has 0 saturated heterocycles. The number of nitrogens with one attached hydrogen (secondary N) is 1. The van der Waals surface area contributed by atoms with Gasteiger partial charge in [0.1, 0.15) is 0 Å². The van der Waals surface area contributed by atoms with Crippen LogP contribution >= 0.6 is 0 Å². The number of carbonyl (C=O) groups excluding carboxylic acids is 1. The molecule has 1 unspecified atom stereocenters. The van der Waals surface area contributed by atoms with Crippen molar-refractivity contribution in [2.24, 2.45) is 13.0 Å². The number of amides is 1. The van der Waals surface area contributed by atoms with Gasteiger partial charge in [-0.15, -0.1) is 5.10 Å². The zero-order valence-corrected chi connectivity index (χ0v) is 9.03. The molecule has 0 bridgehead atoms. The first-order valence-corrected chi connectivity index (χ1v) is 4.63. The van der Waals surface area contributed by atoms with E-state index in [2.05, 4.69) is 15.6 Å². The Bertz CT molecular complexity index is 332. The topological polar surface area (TPSA) is 59.8 Å². The second-order valence-electron chi connectivity index (χ2n) is 3.46. The van der Waals surface area contributed by atoms with Crippen LogP contribution in [0.4, 0.5) is 0 Å². The highest BCUT2D eigenvalue weighted by Gasteiger charge is 2.15. The van der Waals surface area contributed by atoms with Crippen LogP contribution in [-0.2, 0) is 18.3 Å². The lowest BCUT2D eigenvalue weighted by atomic mass is 10.0. The SMILES string of the molecule is CNC(=O)C(C)Cc1nnn(C)c1C. The number of carbonyl (C=O) groups is 1. The quantitative estimate of drug-likeness (QED) is 0.743. The van der Waals surface area contributed by atoms with Gasteiger partial charge < -0.3 is 5.32 Å². The third-order valence-corrected chi connectivity index (χ3v) is 2.40. The Balaban J connectivity index is 2.69. The van der Waals surface area contributed by atoms with Gasteiger partial charge in [0, 0.05) is 26.4 Å². The van der Waals surface area contributed by atoms with Crippen LogP contribution in [0.2, 0.25) is 0 Å². The van der Waals surface area contributed by atoms with E-state index in [-0.39, 0.29) is 11.8 Å². The zero-order chi connectivity index (χ0) is 10.7. The number of hydrogen-bond donors (Lipinski definition) is 1. The fourth-order valence-electron chi connectivity index (χ4n) is 1.26. The maximum Gasteiger partial charge on any atom is 0.222 e. The summed E-state index contributed by atoms with van der Waals surface area (Å²) >= 11 is 0. The second-order valence-corrected chi connectivity index (χ2v) is 3.46. The smallest absolute Gasteiger partial charge is 0.222 e. The Morgan fingerprint density at radius 1 is 1.64 bits per heavy atom. The molecular formula is C9H16N4O. The molecule has 1 aromatic heterocycles. The summed E-state index contributed by atoms with van der Waals surface area (Å²) in [5.41, 5.74) is 1.91. The molecule has 1 rings (SSSR count). The summed E-state index contributed by atoms with van der Waals surface area (Å²) in [4.78, 5) is 11.3. The lowest BCUT2D eigenvalue weighted by Crippen LogP contribution is -2.26. The molecule has 78 valence electrons. The van der Waals surface area contributed by atoms with Crippen LogP contribution in [0.25, 0.3) is 0 Å². The van der Waals surface area contributed by atoms with Crippen LogP contribution in [0.15, 0.2) is 0 Å². The summed E-state index contributed by atoms with van der Waals surface area (Å²) in [5.74, 6) is -0.0227. The molecule has 0 radical (unpaired) electrons. The van der Waals surface area contributed by atoms with Gasteiger partial charge in [0.25, 0.3) is 0 Å². The Labute approximate surface area is 83.5 Å². The molecule has 0 aliphatic carbocycles. The number of nitrogens with zero attached hydrogens (tertiary/aromatic N) is 3. The first-order chi connectivity index (χ1) is 6.56. The van der Waals surface area contributed by atoms with Gasteiger partial charge in [0.05, 0.1) is 11.4 Å². The standard InChI is InChI=1S/C9H16N4O/c1-6(9(14)10-3)5-8-7(2)13(4)12-11-8/h6H,5H2,1-4H3,(H,10,14). The minimum absolute atomic E-state index is 0.0371. The predicted molar refractivity (Wildman–Crippen MR) is 52.7 cm³/mol. The number of rotatable bonds is 3. The monoisotopic (exact) mass is 196 g/mol. The number of hydrogen-bond acceptors (Lipinski definition) is 3. The highest BCUT2D eigenvalue weighted by atomic mass is 16.1. The maximum absolute atomic E-state index is 11.3. The molecule has 1 heterocycles. The lowest BCUT2D eigenvalue weighted by molar-refractivity contribution is -0.123. The van der Waals surface area contributed by atoms with Gasteiger partial charge >= 0.3 is 0 Å². The van der Waals surface area contributed by atoms with E-state index in [0.717, 1.165) is 11.4 Å². The van der Waals surface area contributed by atoms with E-state index in [1.54, 1.807) is 11.7 Å². The van der Waals surface area contributed by atoms with Gasteiger partial charge in [-0.2, -0.15) is 0 Å². The molecule has 0 fully saturated rings. The van der Waals surface area contributed by atoms with E-state index in [1.807, 2.05) is 20.9 Å². The number of aryl methyl sites for hydroxylation is 1. The second kappa shape index (κ2) is 4.21. The number of aromatic nitrogens is 3. The molecule has 0 spiro atoms. The van der Waals surface area contributed by atoms with E-state index in [9.17, 15) is 4.79 Å². The predicted octanol–water partition coefficient (Wildman–Crippen LogP) is 0.0481. The average Bonchev–Trinajstić information content (AvgIpc) is 2.48. The van der Waals surface area contributed by atoms with Gasteiger partial charge in [-0.25, -0.2) is 0 Å². The van der Waals surface area contributed by atoms with Crippen molar-refractivity contribution in [2.75, 3.05) is 7.05 Å². The molecule has 0 aromatic carbocycles. The van der Waals surface area contributed by atoms with Crippen LogP contribution < -0.4 is 5.32 Å². The molecule has 0 saturated carbocycles. The van der Waals surface area contributed by atoms with Crippen molar-refractivity contribution in [2.45, 2.75) is 20.3 Å². The van der Waals surface area contributed by atoms with E-state index >= 15 is 0 Å². The molecule has 1 aromatic rings. The van der Waals surface area contributed by atoms with Gasteiger partial charge in [0.2, 0.25) is 5.91 Å². The van der Waals surface area contributed by atoms with Crippen molar-refractivity contribution in [1.82, 2.24) is 20.3 Å². The largest absolute Gasteiger partial charge is 0.359 e. The molecule has 1 atom stereocenters. The molecule has 0 aliphatic heterocycles. The first kappa shape index (κ1) is 10.7.